The van der Waals surface area contributed by atoms with Gasteiger partial charge in [0.2, 0.25) is 0 Å². The number of benzene rings is 1. The maximum absolute atomic E-state index is 12.7. The van der Waals surface area contributed by atoms with Gasteiger partial charge in [0.05, 0.1) is 11.1 Å². The van der Waals surface area contributed by atoms with Crippen molar-refractivity contribution in [3.05, 3.63) is 68.6 Å². The summed E-state index contributed by atoms with van der Waals surface area (Å²) >= 11 is 7.31. The zero-order chi connectivity index (χ0) is 19.4. The van der Waals surface area contributed by atoms with Crippen molar-refractivity contribution in [1.82, 2.24) is 14.7 Å². The summed E-state index contributed by atoms with van der Waals surface area (Å²) in [6.45, 7) is 5.86. The Morgan fingerprint density at radius 2 is 2.07 bits per heavy atom. The van der Waals surface area contributed by atoms with E-state index in [0.717, 1.165) is 29.1 Å². The monoisotopic (exact) mass is 403 g/mol. The Balaban J connectivity index is 1.60. The first kappa shape index (κ1) is 19.5. The topological polar surface area (TPSA) is 47.4 Å². The average Bonchev–Trinajstić information content (AvgIpc) is 3.28. The number of thiophene rings is 1. The Hall–Kier alpha value is -2.31. The van der Waals surface area contributed by atoms with E-state index in [1.54, 1.807) is 17.0 Å². The van der Waals surface area contributed by atoms with Gasteiger partial charge in [-0.05, 0) is 49.6 Å². The third-order valence-corrected chi connectivity index (χ3v) is 5.56. The summed E-state index contributed by atoms with van der Waals surface area (Å²) < 4.78 is 7.67. The standard InChI is InChI=1S/C20H22ClN3O2S/c1-4-24-14(2)16(10-22-24)11-23(3)20(25)19-9-15(13-27-19)12-26-18-7-5-17(21)6-8-18/h5-10,13H,4,11-12H2,1-3H3. The van der Waals surface area contributed by atoms with Crippen LogP contribution in [0.3, 0.4) is 0 Å². The summed E-state index contributed by atoms with van der Waals surface area (Å²) in [6.07, 6.45) is 1.84. The van der Waals surface area contributed by atoms with E-state index < -0.39 is 0 Å². The predicted molar refractivity (Wildman–Crippen MR) is 109 cm³/mol. The molecule has 1 aromatic carbocycles. The molecule has 0 saturated carbocycles. The van der Waals surface area contributed by atoms with E-state index in [1.165, 1.54) is 11.3 Å². The lowest BCUT2D eigenvalue weighted by Gasteiger charge is -2.16. The number of carbonyl (C=O) groups is 1. The molecule has 0 fully saturated rings. The lowest BCUT2D eigenvalue weighted by atomic mass is 10.2. The zero-order valence-electron chi connectivity index (χ0n) is 15.6. The number of carbonyl (C=O) groups excluding carboxylic acids is 1. The van der Waals surface area contributed by atoms with Gasteiger partial charge in [-0.1, -0.05) is 11.6 Å². The van der Waals surface area contributed by atoms with Gasteiger partial charge in [-0.3, -0.25) is 9.48 Å². The summed E-state index contributed by atoms with van der Waals surface area (Å²) in [5, 5.41) is 6.97. The molecule has 5 nitrogen and oxygen atoms in total. The van der Waals surface area contributed by atoms with E-state index in [-0.39, 0.29) is 5.91 Å². The predicted octanol–water partition coefficient (Wildman–Crippen LogP) is 4.78. The summed E-state index contributed by atoms with van der Waals surface area (Å²) in [4.78, 5) is 15.1. The number of halogens is 1. The summed E-state index contributed by atoms with van der Waals surface area (Å²) in [7, 11) is 1.81. The Morgan fingerprint density at radius 1 is 1.33 bits per heavy atom. The maximum Gasteiger partial charge on any atom is 0.263 e. The van der Waals surface area contributed by atoms with Crippen LogP contribution in [0, 0.1) is 6.92 Å². The number of rotatable bonds is 7. The SMILES string of the molecule is CCn1ncc(CN(C)C(=O)c2cc(COc3ccc(Cl)cc3)cs2)c1C. The van der Waals surface area contributed by atoms with Crippen LogP contribution in [-0.4, -0.2) is 27.6 Å². The highest BCUT2D eigenvalue weighted by molar-refractivity contribution is 7.12. The van der Waals surface area contributed by atoms with Crippen LogP contribution < -0.4 is 4.74 Å². The second-order valence-corrected chi connectivity index (χ2v) is 7.64. The highest BCUT2D eigenvalue weighted by Crippen LogP contribution is 2.21. The highest BCUT2D eigenvalue weighted by atomic mass is 35.5. The second kappa shape index (κ2) is 8.59. The number of ether oxygens (including phenoxy) is 1. The van der Waals surface area contributed by atoms with Crippen molar-refractivity contribution in [3.63, 3.8) is 0 Å². The third kappa shape index (κ3) is 4.70. The van der Waals surface area contributed by atoms with Gasteiger partial charge in [0.1, 0.15) is 12.4 Å². The quantitative estimate of drug-likeness (QED) is 0.570. The molecule has 0 aliphatic carbocycles. The number of amides is 1. The maximum atomic E-state index is 12.7. The summed E-state index contributed by atoms with van der Waals surface area (Å²) in [6, 6.07) is 9.12. The largest absolute Gasteiger partial charge is 0.489 e. The van der Waals surface area contributed by atoms with Gasteiger partial charge >= 0.3 is 0 Å². The molecule has 142 valence electrons. The highest BCUT2D eigenvalue weighted by Gasteiger charge is 2.17. The van der Waals surface area contributed by atoms with Crippen molar-refractivity contribution in [2.75, 3.05) is 7.05 Å². The van der Waals surface area contributed by atoms with Crippen molar-refractivity contribution in [1.29, 1.82) is 0 Å². The molecule has 7 heteroatoms. The number of nitrogens with zero attached hydrogens (tertiary/aromatic N) is 3. The lowest BCUT2D eigenvalue weighted by molar-refractivity contribution is 0.0789. The molecular formula is C20H22ClN3O2S. The minimum Gasteiger partial charge on any atom is -0.489 e. The van der Waals surface area contributed by atoms with Crippen molar-refractivity contribution >= 4 is 28.8 Å². The van der Waals surface area contributed by atoms with Crippen LogP contribution in [0.4, 0.5) is 0 Å². The first-order chi connectivity index (χ1) is 13.0. The van der Waals surface area contributed by atoms with E-state index >= 15 is 0 Å². The Bertz CT molecular complexity index is 918. The fourth-order valence-corrected chi connectivity index (χ4v) is 3.75. The molecule has 1 amide bonds. The molecule has 0 aliphatic heterocycles. The summed E-state index contributed by atoms with van der Waals surface area (Å²) in [5.41, 5.74) is 3.14. The van der Waals surface area contributed by atoms with Gasteiger partial charge in [-0.2, -0.15) is 5.10 Å². The number of hydrogen-bond donors (Lipinski definition) is 0. The first-order valence-corrected chi connectivity index (χ1v) is 9.96. The van der Waals surface area contributed by atoms with Crippen molar-refractivity contribution in [2.45, 2.75) is 33.5 Å². The minimum absolute atomic E-state index is 0.00129. The van der Waals surface area contributed by atoms with Gasteiger partial charge in [-0.25, -0.2) is 0 Å². The molecule has 0 unspecified atom stereocenters. The fraction of sp³-hybridized carbons (Fsp3) is 0.300. The molecule has 3 aromatic rings. The van der Waals surface area contributed by atoms with Gasteiger partial charge in [0.25, 0.3) is 5.91 Å². The fourth-order valence-electron chi connectivity index (χ4n) is 2.74. The van der Waals surface area contributed by atoms with Crippen molar-refractivity contribution < 1.29 is 9.53 Å². The molecule has 27 heavy (non-hydrogen) atoms. The van der Waals surface area contributed by atoms with Crippen LogP contribution in [0.15, 0.2) is 41.9 Å². The van der Waals surface area contributed by atoms with Crippen molar-refractivity contribution in [2.24, 2.45) is 0 Å². The Labute approximate surface area is 168 Å². The molecule has 0 atom stereocenters. The van der Waals surface area contributed by atoms with Crippen LogP contribution in [0.5, 0.6) is 5.75 Å². The van der Waals surface area contributed by atoms with Gasteiger partial charge in [0, 0.05) is 42.0 Å². The van der Waals surface area contributed by atoms with E-state index in [1.807, 2.05) is 48.4 Å². The summed E-state index contributed by atoms with van der Waals surface area (Å²) in [5.74, 6) is 0.750. The Morgan fingerprint density at radius 3 is 2.74 bits per heavy atom. The van der Waals surface area contributed by atoms with E-state index in [9.17, 15) is 4.79 Å². The van der Waals surface area contributed by atoms with Crippen molar-refractivity contribution in [3.8, 4) is 5.75 Å². The molecule has 0 aliphatic rings. The average molecular weight is 404 g/mol. The van der Waals surface area contributed by atoms with Crippen LogP contribution in [-0.2, 0) is 19.7 Å². The van der Waals surface area contributed by atoms with Gasteiger partial charge in [0.15, 0.2) is 0 Å². The molecular weight excluding hydrogens is 382 g/mol. The molecule has 0 spiro atoms. The van der Waals surface area contributed by atoms with Crippen LogP contribution in [0.1, 0.15) is 33.4 Å². The smallest absolute Gasteiger partial charge is 0.263 e. The molecule has 0 saturated heterocycles. The minimum atomic E-state index is 0.00129. The number of aryl methyl sites for hydroxylation is 1. The normalized spacial score (nSPS) is 10.8. The number of hydrogen-bond acceptors (Lipinski definition) is 4. The van der Waals surface area contributed by atoms with Crippen LogP contribution >= 0.6 is 22.9 Å². The van der Waals surface area contributed by atoms with Gasteiger partial charge < -0.3 is 9.64 Å². The van der Waals surface area contributed by atoms with E-state index in [0.29, 0.717) is 23.1 Å². The Kier molecular flexibility index (Phi) is 6.19. The van der Waals surface area contributed by atoms with Crippen LogP contribution in [0.25, 0.3) is 0 Å². The first-order valence-electron chi connectivity index (χ1n) is 8.70. The van der Waals surface area contributed by atoms with Gasteiger partial charge in [-0.15, -0.1) is 11.3 Å². The molecule has 2 heterocycles. The zero-order valence-corrected chi connectivity index (χ0v) is 17.2. The second-order valence-electron chi connectivity index (χ2n) is 6.29. The molecule has 0 radical (unpaired) electrons. The van der Waals surface area contributed by atoms with E-state index in [2.05, 4.69) is 12.0 Å². The number of aromatic nitrogens is 2. The van der Waals surface area contributed by atoms with E-state index in [4.69, 9.17) is 16.3 Å². The molecule has 3 rings (SSSR count). The molecule has 0 N–H and O–H groups in total. The molecule has 0 bridgehead atoms. The lowest BCUT2D eigenvalue weighted by Crippen LogP contribution is -2.25. The third-order valence-electron chi connectivity index (χ3n) is 4.34. The molecule has 2 aromatic heterocycles. The van der Waals surface area contributed by atoms with Crippen LogP contribution in [0.2, 0.25) is 5.02 Å².